The zero-order chi connectivity index (χ0) is 15.5. The predicted octanol–water partition coefficient (Wildman–Crippen LogP) is 1.84. The van der Waals surface area contributed by atoms with Crippen molar-refractivity contribution >= 4 is 10.0 Å². The first kappa shape index (κ1) is 16.0. The highest BCUT2D eigenvalue weighted by Crippen LogP contribution is 2.27. The quantitative estimate of drug-likeness (QED) is 0.888. The van der Waals surface area contributed by atoms with Crippen molar-refractivity contribution in [2.24, 2.45) is 0 Å². The van der Waals surface area contributed by atoms with E-state index in [-0.39, 0.29) is 11.4 Å². The van der Waals surface area contributed by atoms with E-state index in [2.05, 4.69) is 4.72 Å². The number of hydrogen-bond acceptors (Lipinski definition) is 4. The van der Waals surface area contributed by atoms with Gasteiger partial charge in [-0.2, -0.15) is 5.26 Å². The lowest BCUT2D eigenvalue weighted by Crippen LogP contribution is -2.44. The van der Waals surface area contributed by atoms with Crippen LogP contribution in [0.1, 0.15) is 43.2 Å². The van der Waals surface area contributed by atoms with Gasteiger partial charge in [0.2, 0.25) is 10.0 Å². The van der Waals surface area contributed by atoms with E-state index in [4.69, 9.17) is 5.26 Å². The number of nitrogens with zero attached hydrogens (tertiary/aromatic N) is 1. The molecule has 2 rings (SSSR count). The molecule has 1 fully saturated rings. The number of nitrogens with one attached hydrogen (secondary N) is 1. The fraction of sp³-hybridized carbons (Fsp3) is 0.533. The van der Waals surface area contributed by atoms with Crippen LogP contribution in [-0.4, -0.2) is 25.7 Å². The van der Waals surface area contributed by atoms with Crippen molar-refractivity contribution in [2.45, 2.75) is 49.5 Å². The smallest absolute Gasteiger partial charge is 0.240 e. The highest BCUT2D eigenvalue weighted by atomic mass is 32.2. The van der Waals surface area contributed by atoms with Crippen LogP contribution in [0.5, 0.6) is 0 Å². The number of nitriles is 1. The van der Waals surface area contributed by atoms with Crippen molar-refractivity contribution in [2.75, 3.05) is 6.54 Å². The number of aryl methyl sites for hydroxylation is 1. The number of hydrogen-bond donors (Lipinski definition) is 2. The SMILES string of the molecule is Cc1cc(S(=O)(=O)NCC2(O)CCCCC2)ccc1C#N. The van der Waals surface area contributed by atoms with Gasteiger partial charge in [-0.15, -0.1) is 0 Å². The van der Waals surface area contributed by atoms with Gasteiger partial charge in [0.25, 0.3) is 0 Å². The van der Waals surface area contributed by atoms with Crippen LogP contribution in [0.4, 0.5) is 0 Å². The molecule has 1 aliphatic rings. The van der Waals surface area contributed by atoms with Gasteiger partial charge < -0.3 is 5.11 Å². The number of benzene rings is 1. The van der Waals surface area contributed by atoms with Gasteiger partial charge >= 0.3 is 0 Å². The second-order valence-electron chi connectivity index (χ2n) is 5.70. The third-order valence-electron chi connectivity index (χ3n) is 4.00. The van der Waals surface area contributed by atoms with Gasteiger partial charge in [0.05, 0.1) is 22.1 Å². The monoisotopic (exact) mass is 308 g/mol. The molecule has 6 heteroatoms. The van der Waals surface area contributed by atoms with Gasteiger partial charge in [0, 0.05) is 6.54 Å². The van der Waals surface area contributed by atoms with Gasteiger partial charge in [0.1, 0.15) is 0 Å². The Labute approximate surface area is 125 Å². The summed E-state index contributed by atoms with van der Waals surface area (Å²) in [6.07, 6.45) is 4.19. The van der Waals surface area contributed by atoms with Crippen molar-refractivity contribution in [1.29, 1.82) is 5.26 Å². The predicted molar refractivity (Wildman–Crippen MR) is 79.1 cm³/mol. The van der Waals surface area contributed by atoms with Crippen molar-refractivity contribution < 1.29 is 13.5 Å². The van der Waals surface area contributed by atoms with E-state index < -0.39 is 15.6 Å². The summed E-state index contributed by atoms with van der Waals surface area (Å²) >= 11 is 0. The Kier molecular flexibility index (Phi) is 4.67. The second kappa shape index (κ2) is 6.14. The number of aliphatic hydroxyl groups is 1. The number of rotatable bonds is 4. The summed E-state index contributed by atoms with van der Waals surface area (Å²) in [4.78, 5) is 0.124. The average molecular weight is 308 g/mol. The highest BCUT2D eigenvalue weighted by molar-refractivity contribution is 7.89. The summed E-state index contributed by atoms with van der Waals surface area (Å²) in [5.74, 6) is 0. The molecular weight excluding hydrogens is 288 g/mol. The van der Waals surface area contributed by atoms with Crippen LogP contribution < -0.4 is 4.72 Å². The first-order valence-electron chi connectivity index (χ1n) is 7.09. The van der Waals surface area contributed by atoms with Gasteiger partial charge in [-0.3, -0.25) is 0 Å². The molecule has 0 heterocycles. The maximum absolute atomic E-state index is 12.3. The van der Waals surface area contributed by atoms with E-state index in [1.807, 2.05) is 6.07 Å². The molecule has 5 nitrogen and oxygen atoms in total. The van der Waals surface area contributed by atoms with E-state index in [9.17, 15) is 13.5 Å². The van der Waals surface area contributed by atoms with Gasteiger partial charge in [0.15, 0.2) is 0 Å². The van der Waals surface area contributed by atoms with Crippen LogP contribution in [0.15, 0.2) is 23.1 Å². The summed E-state index contributed by atoms with van der Waals surface area (Å²) in [5, 5.41) is 19.2. The molecule has 1 aromatic rings. The molecule has 0 bridgehead atoms. The summed E-state index contributed by atoms with van der Waals surface area (Å²) in [6.45, 7) is 1.74. The molecule has 1 aliphatic carbocycles. The lowest BCUT2D eigenvalue weighted by Gasteiger charge is -2.32. The molecule has 1 saturated carbocycles. The lowest BCUT2D eigenvalue weighted by molar-refractivity contribution is 0.00945. The van der Waals surface area contributed by atoms with Crippen LogP contribution in [0.25, 0.3) is 0 Å². The van der Waals surface area contributed by atoms with Crippen LogP contribution >= 0.6 is 0 Å². The summed E-state index contributed by atoms with van der Waals surface area (Å²) in [6, 6.07) is 6.40. The largest absolute Gasteiger partial charge is 0.389 e. The Bertz CT molecular complexity index is 656. The zero-order valence-electron chi connectivity index (χ0n) is 12.1. The molecule has 114 valence electrons. The van der Waals surface area contributed by atoms with Gasteiger partial charge in [-0.25, -0.2) is 13.1 Å². The van der Waals surface area contributed by atoms with Crippen molar-refractivity contribution in [3.63, 3.8) is 0 Å². The molecule has 0 aliphatic heterocycles. The van der Waals surface area contributed by atoms with Crippen LogP contribution in [-0.2, 0) is 10.0 Å². The van der Waals surface area contributed by atoms with E-state index in [0.29, 0.717) is 24.0 Å². The standard InChI is InChI=1S/C15H20N2O3S/c1-12-9-14(6-5-13(12)10-16)21(19,20)17-11-15(18)7-3-2-4-8-15/h5-6,9,17-18H,2-4,7-8,11H2,1H3. The summed E-state index contributed by atoms with van der Waals surface area (Å²) in [7, 11) is -3.66. The molecule has 0 atom stereocenters. The fourth-order valence-corrected chi connectivity index (χ4v) is 3.83. The van der Waals surface area contributed by atoms with Crippen molar-refractivity contribution in [3.05, 3.63) is 29.3 Å². The van der Waals surface area contributed by atoms with E-state index in [1.165, 1.54) is 18.2 Å². The Morgan fingerprint density at radius 1 is 1.33 bits per heavy atom. The minimum Gasteiger partial charge on any atom is -0.389 e. The highest BCUT2D eigenvalue weighted by Gasteiger charge is 2.30. The maximum Gasteiger partial charge on any atom is 0.240 e. The van der Waals surface area contributed by atoms with Crippen LogP contribution in [0.2, 0.25) is 0 Å². The summed E-state index contributed by atoms with van der Waals surface area (Å²) in [5.41, 5.74) is 0.143. The Morgan fingerprint density at radius 3 is 2.57 bits per heavy atom. The molecule has 0 aromatic heterocycles. The molecular formula is C15H20N2O3S. The molecule has 0 amide bonds. The average Bonchev–Trinajstić information content (AvgIpc) is 2.46. The lowest BCUT2D eigenvalue weighted by atomic mass is 9.85. The normalized spacial score (nSPS) is 18.1. The van der Waals surface area contributed by atoms with E-state index in [0.717, 1.165) is 19.3 Å². The van der Waals surface area contributed by atoms with Crippen molar-refractivity contribution in [3.8, 4) is 6.07 Å². The third-order valence-corrected chi connectivity index (χ3v) is 5.40. The first-order valence-corrected chi connectivity index (χ1v) is 8.57. The van der Waals surface area contributed by atoms with Crippen LogP contribution in [0, 0.1) is 18.3 Å². The Morgan fingerprint density at radius 2 is 2.00 bits per heavy atom. The number of sulfonamides is 1. The zero-order valence-corrected chi connectivity index (χ0v) is 12.9. The molecule has 0 radical (unpaired) electrons. The van der Waals surface area contributed by atoms with E-state index >= 15 is 0 Å². The Hall–Kier alpha value is -1.42. The molecule has 21 heavy (non-hydrogen) atoms. The first-order chi connectivity index (χ1) is 9.86. The topological polar surface area (TPSA) is 90.2 Å². The van der Waals surface area contributed by atoms with E-state index in [1.54, 1.807) is 6.92 Å². The van der Waals surface area contributed by atoms with Gasteiger partial charge in [-0.05, 0) is 43.5 Å². The van der Waals surface area contributed by atoms with Crippen molar-refractivity contribution in [1.82, 2.24) is 4.72 Å². The molecule has 0 unspecified atom stereocenters. The second-order valence-corrected chi connectivity index (χ2v) is 7.47. The molecule has 0 saturated heterocycles. The maximum atomic E-state index is 12.3. The molecule has 2 N–H and O–H groups in total. The third kappa shape index (κ3) is 3.82. The fourth-order valence-electron chi connectivity index (χ4n) is 2.63. The molecule has 1 aromatic carbocycles. The van der Waals surface area contributed by atoms with Crippen LogP contribution in [0.3, 0.4) is 0 Å². The minimum absolute atomic E-state index is 0.0361. The minimum atomic E-state index is -3.66. The van der Waals surface area contributed by atoms with Gasteiger partial charge in [-0.1, -0.05) is 19.3 Å². The summed E-state index contributed by atoms with van der Waals surface area (Å²) < 4.78 is 27.0. The Balaban J connectivity index is 2.11. The molecule has 0 spiro atoms.